The van der Waals surface area contributed by atoms with Crippen LogP contribution in [0.1, 0.15) is 33.4 Å². The lowest BCUT2D eigenvalue weighted by molar-refractivity contribution is 1.12. The van der Waals surface area contributed by atoms with Crippen LogP contribution < -0.4 is 16.4 Å². The average molecular weight is 1010 g/mol. The Morgan fingerprint density at radius 1 is 0.278 bits per heavy atom. The van der Waals surface area contributed by atoms with E-state index in [0.717, 1.165) is 0 Å². The molecule has 2 aliphatic rings. The van der Waals surface area contributed by atoms with Gasteiger partial charge in [-0.25, -0.2) is 0 Å². The third-order valence-corrected chi connectivity index (χ3v) is 18.8. The second kappa shape index (κ2) is 15.1. The van der Waals surface area contributed by atoms with E-state index < -0.39 is 0 Å². The van der Waals surface area contributed by atoms with Crippen LogP contribution in [-0.4, -0.2) is 24.6 Å². The zero-order valence-corrected chi connectivity index (χ0v) is 44.9. The third kappa shape index (κ3) is 5.40. The highest BCUT2D eigenvalue weighted by molar-refractivity contribution is 7.02. The summed E-state index contributed by atoms with van der Waals surface area (Å²) in [6.45, 7) is 13.6. The summed E-state index contributed by atoms with van der Waals surface area (Å²) in [5.41, 5.74) is 31.8. The maximum Gasteiger partial charge on any atom is 0.258 e. The molecule has 6 heterocycles. The van der Waals surface area contributed by atoms with Crippen molar-refractivity contribution in [1.82, 2.24) is 17.9 Å². The van der Waals surface area contributed by atoms with Gasteiger partial charge in [-0.2, -0.15) is 0 Å². The van der Waals surface area contributed by atoms with Crippen LogP contribution in [-0.2, 0) is 0 Å². The molecule has 12 aromatic carbocycles. The number of hydrogen-bond donors (Lipinski definition) is 0. The summed E-state index contributed by atoms with van der Waals surface area (Å²) >= 11 is 0. The molecular weight excluding hydrogens is 956 g/mol. The quantitative estimate of drug-likeness (QED) is 0.157. The Morgan fingerprint density at radius 3 is 1.03 bits per heavy atom. The number of fused-ring (bicyclic) bond motifs is 20. The minimum absolute atomic E-state index is 0.135. The molecule has 0 saturated carbocycles. The lowest BCUT2D eigenvalue weighted by Gasteiger charge is -2.32. The fourth-order valence-corrected chi connectivity index (χ4v) is 15.6. The van der Waals surface area contributed by atoms with Gasteiger partial charge < -0.3 is 0 Å². The first-order chi connectivity index (χ1) is 38.7. The fourth-order valence-electron chi connectivity index (χ4n) is 15.6. The predicted molar refractivity (Wildman–Crippen MR) is 336 cm³/mol. The van der Waals surface area contributed by atoms with E-state index in [9.17, 15) is 0 Å². The third-order valence-electron chi connectivity index (χ3n) is 18.8. The molecule has 18 rings (SSSR count). The highest BCUT2D eigenvalue weighted by atomic mass is 15.2. The topological polar surface area (TPSA) is 18.7 Å². The first-order valence-corrected chi connectivity index (χ1v) is 28.0. The SMILES string of the molecule is Cc1cccc(C)c1-c1cc2c3c(c1)-n1c4cc5ccccc5c(-c5c(C)cccc5C)c4n4c5cc6ccccc6cc5c(c14)B3c1c3cc4ccccc4cc3n3c4c(-c5c(C)cccc5C)c5ccccc5cc4n-2c13. The lowest BCUT2D eigenvalue weighted by atomic mass is 9.34. The van der Waals surface area contributed by atoms with E-state index in [1.54, 1.807) is 0 Å². The van der Waals surface area contributed by atoms with Gasteiger partial charge in [0.2, 0.25) is 0 Å². The summed E-state index contributed by atoms with van der Waals surface area (Å²) in [7, 11) is 0. The van der Waals surface area contributed by atoms with Gasteiger partial charge in [-0.1, -0.05) is 152 Å². The van der Waals surface area contributed by atoms with Crippen molar-refractivity contribution in [3.8, 4) is 44.8 Å². The molecular formula is C74H51BN4. The van der Waals surface area contributed by atoms with Crippen molar-refractivity contribution < 1.29 is 0 Å². The van der Waals surface area contributed by atoms with Crippen molar-refractivity contribution in [3.63, 3.8) is 0 Å². The average Bonchev–Trinajstić information content (AvgIpc) is 4.12. The number of aromatic nitrogens is 4. The normalized spacial score (nSPS) is 12.9. The van der Waals surface area contributed by atoms with E-state index in [0.29, 0.717) is 0 Å². The summed E-state index contributed by atoms with van der Waals surface area (Å²) in [5.74, 6) is 0. The fraction of sp³-hybridized carbons (Fsp3) is 0.0811. The molecule has 370 valence electrons. The Hall–Kier alpha value is -9.58. The van der Waals surface area contributed by atoms with Gasteiger partial charge in [0.05, 0.1) is 33.1 Å². The van der Waals surface area contributed by atoms with E-state index in [1.165, 1.54) is 193 Å². The molecule has 0 atom stereocenters. The maximum absolute atomic E-state index is 2.71. The smallest absolute Gasteiger partial charge is 0.258 e. The number of nitrogens with zero attached hydrogens (tertiary/aromatic N) is 4. The second-order valence-electron chi connectivity index (χ2n) is 23.1. The van der Waals surface area contributed by atoms with Crippen molar-refractivity contribution in [2.45, 2.75) is 41.5 Å². The van der Waals surface area contributed by atoms with Crippen LogP contribution in [0.5, 0.6) is 0 Å². The highest BCUT2D eigenvalue weighted by Crippen LogP contribution is 2.49. The predicted octanol–water partition coefficient (Wildman–Crippen LogP) is 17.0. The molecule has 4 aromatic heterocycles. The maximum atomic E-state index is 2.71. The molecule has 0 spiro atoms. The van der Waals surface area contributed by atoms with Crippen molar-refractivity contribution in [2.75, 3.05) is 0 Å². The first kappa shape index (κ1) is 43.5. The Kier molecular flexibility index (Phi) is 8.33. The number of hydrogen-bond acceptors (Lipinski definition) is 0. The van der Waals surface area contributed by atoms with Crippen molar-refractivity contribution >= 4 is 121 Å². The highest BCUT2D eigenvalue weighted by Gasteiger charge is 2.46. The van der Waals surface area contributed by atoms with Gasteiger partial charge >= 0.3 is 0 Å². The molecule has 16 aromatic rings. The van der Waals surface area contributed by atoms with Crippen LogP contribution in [0.15, 0.2) is 200 Å². The van der Waals surface area contributed by atoms with Gasteiger partial charge in [-0.05, 0) is 216 Å². The zero-order chi connectivity index (χ0) is 52.4. The van der Waals surface area contributed by atoms with E-state index in [2.05, 4.69) is 260 Å². The molecule has 0 N–H and O–H groups in total. The minimum Gasteiger partial charge on any atom is -0.295 e. The monoisotopic (exact) mass is 1010 g/mol. The molecule has 4 nitrogen and oxygen atoms in total. The Labute approximate surface area is 456 Å². The molecule has 0 aliphatic carbocycles. The van der Waals surface area contributed by atoms with Crippen molar-refractivity contribution in [1.29, 1.82) is 0 Å². The van der Waals surface area contributed by atoms with Crippen molar-refractivity contribution in [3.05, 3.63) is 234 Å². The Balaban J connectivity index is 1.15. The first-order valence-electron chi connectivity index (χ1n) is 28.0. The summed E-state index contributed by atoms with van der Waals surface area (Å²) in [4.78, 5) is 0. The summed E-state index contributed by atoms with van der Waals surface area (Å²) in [6, 6.07) is 76.8. The Morgan fingerprint density at radius 2 is 0.620 bits per heavy atom. The zero-order valence-electron chi connectivity index (χ0n) is 44.9. The lowest BCUT2D eigenvalue weighted by Crippen LogP contribution is -2.59. The van der Waals surface area contributed by atoms with E-state index in [1.807, 2.05) is 0 Å². The van der Waals surface area contributed by atoms with Crippen LogP contribution in [0.3, 0.4) is 0 Å². The molecule has 79 heavy (non-hydrogen) atoms. The van der Waals surface area contributed by atoms with Crippen LogP contribution in [0.2, 0.25) is 0 Å². The molecule has 0 radical (unpaired) electrons. The molecule has 0 saturated heterocycles. The Bertz CT molecular complexity index is 5150. The van der Waals surface area contributed by atoms with Gasteiger partial charge in [0.25, 0.3) is 6.71 Å². The molecule has 0 amide bonds. The van der Waals surface area contributed by atoms with Crippen LogP contribution in [0, 0.1) is 41.5 Å². The van der Waals surface area contributed by atoms with Crippen LogP contribution in [0.25, 0.3) is 143 Å². The van der Waals surface area contributed by atoms with Gasteiger partial charge in [0, 0.05) is 22.5 Å². The van der Waals surface area contributed by atoms with E-state index in [4.69, 9.17) is 0 Å². The number of aryl methyl sites for hydroxylation is 6. The van der Waals surface area contributed by atoms with Crippen LogP contribution >= 0.6 is 0 Å². The van der Waals surface area contributed by atoms with E-state index >= 15 is 0 Å². The molecule has 5 heteroatoms. The molecule has 0 fully saturated rings. The molecule has 2 aliphatic heterocycles. The summed E-state index contributed by atoms with van der Waals surface area (Å²) < 4.78 is 10.8. The molecule has 0 unspecified atom stereocenters. The standard InChI is InChI=1S/C74H51BN4/c1-40-18-15-19-41(2)63(40)52-38-59-70-60(39-52)77-62-37-51-29-12-14-31-54(51)67(65-44(5)22-17-23-45(65)6)72(62)79-58-35-49-27-10-8-25-47(49)33-56(58)69(74(77)79)75(70)68-55-32-46-24-7-9-26-48(46)34-57(55)78-71-61(76(59)73(68)78)36-50-28-11-13-30-53(50)66(71)64-42(3)20-16-21-43(64)4/h7-39H,1-6H3. The number of imidazole rings is 2. The minimum atomic E-state index is -0.135. The molecule has 0 bridgehead atoms. The van der Waals surface area contributed by atoms with Gasteiger partial charge in [0.15, 0.2) is 0 Å². The number of benzene rings is 12. The van der Waals surface area contributed by atoms with E-state index in [-0.39, 0.29) is 6.71 Å². The van der Waals surface area contributed by atoms with Crippen molar-refractivity contribution in [2.24, 2.45) is 0 Å². The summed E-state index contributed by atoms with van der Waals surface area (Å²) in [5, 5.41) is 12.6. The van der Waals surface area contributed by atoms with Crippen LogP contribution in [0.4, 0.5) is 0 Å². The number of rotatable bonds is 3. The van der Waals surface area contributed by atoms with Gasteiger partial charge in [-0.3, -0.25) is 17.9 Å². The summed E-state index contributed by atoms with van der Waals surface area (Å²) in [6.07, 6.45) is 0. The second-order valence-corrected chi connectivity index (χ2v) is 23.1. The largest absolute Gasteiger partial charge is 0.295 e. The van der Waals surface area contributed by atoms with Gasteiger partial charge in [0.1, 0.15) is 11.3 Å². The van der Waals surface area contributed by atoms with Gasteiger partial charge in [-0.15, -0.1) is 0 Å².